The summed E-state index contributed by atoms with van der Waals surface area (Å²) >= 11 is 0. The third-order valence-electron chi connectivity index (χ3n) is 2.94. The van der Waals surface area contributed by atoms with E-state index in [0.29, 0.717) is 5.56 Å². The molecule has 2 N–H and O–H groups in total. The molecule has 2 rings (SSSR count). The summed E-state index contributed by atoms with van der Waals surface area (Å²) in [5.41, 5.74) is 2.51. The Hall–Kier alpha value is -2.43. The van der Waals surface area contributed by atoms with E-state index in [1.807, 2.05) is 6.92 Å². The van der Waals surface area contributed by atoms with Gasteiger partial charge in [0.05, 0.1) is 0 Å². The highest BCUT2D eigenvalue weighted by Crippen LogP contribution is 2.18. The summed E-state index contributed by atoms with van der Waals surface area (Å²) in [7, 11) is 1.80. The van der Waals surface area contributed by atoms with Crippen molar-refractivity contribution >= 4 is 17.3 Å². The van der Waals surface area contributed by atoms with E-state index >= 15 is 0 Å². The summed E-state index contributed by atoms with van der Waals surface area (Å²) in [6, 6.07) is 8.40. The molecule has 0 saturated heterocycles. The minimum absolute atomic E-state index is 0.212. The first-order chi connectivity index (χ1) is 9.51. The number of carbonyl (C=O) groups is 1. The Balaban J connectivity index is 2.19. The van der Waals surface area contributed by atoms with Crippen LogP contribution in [0.2, 0.25) is 0 Å². The van der Waals surface area contributed by atoms with Crippen molar-refractivity contribution in [2.45, 2.75) is 6.92 Å². The van der Waals surface area contributed by atoms with Gasteiger partial charge in [0.2, 0.25) is 0 Å². The Morgan fingerprint density at radius 2 is 1.80 bits per heavy atom. The minimum atomic E-state index is -0.996. The second-order valence-electron chi connectivity index (χ2n) is 4.36. The maximum Gasteiger partial charge on any atom is 0.255 e. The SMILES string of the molecule is CNc1ccc(C(=O)Nc2ccc(F)c(F)c2)cc1C. The summed E-state index contributed by atoms with van der Waals surface area (Å²) in [5.74, 6) is -2.32. The molecule has 0 aliphatic heterocycles. The van der Waals surface area contributed by atoms with Crippen LogP contribution in [0.4, 0.5) is 20.2 Å². The van der Waals surface area contributed by atoms with E-state index in [0.717, 1.165) is 23.4 Å². The van der Waals surface area contributed by atoms with Crippen LogP contribution in [0.3, 0.4) is 0 Å². The quantitative estimate of drug-likeness (QED) is 0.899. The highest BCUT2D eigenvalue weighted by atomic mass is 19.2. The van der Waals surface area contributed by atoms with Crippen LogP contribution >= 0.6 is 0 Å². The summed E-state index contributed by atoms with van der Waals surface area (Å²) in [4.78, 5) is 12.0. The van der Waals surface area contributed by atoms with Crippen LogP contribution in [-0.2, 0) is 0 Å². The monoisotopic (exact) mass is 276 g/mol. The van der Waals surface area contributed by atoms with Gasteiger partial charge in [-0.15, -0.1) is 0 Å². The van der Waals surface area contributed by atoms with Crippen molar-refractivity contribution in [3.05, 3.63) is 59.2 Å². The van der Waals surface area contributed by atoms with Crippen molar-refractivity contribution in [2.75, 3.05) is 17.7 Å². The maximum atomic E-state index is 13.1. The van der Waals surface area contributed by atoms with Gasteiger partial charge in [0.1, 0.15) is 0 Å². The van der Waals surface area contributed by atoms with Crippen LogP contribution in [0.5, 0.6) is 0 Å². The van der Waals surface area contributed by atoms with Gasteiger partial charge in [-0.25, -0.2) is 8.78 Å². The van der Waals surface area contributed by atoms with Gasteiger partial charge in [-0.2, -0.15) is 0 Å². The highest BCUT2D eigenvalue weighted by molar-refractivity contribution is 6.04. The van der Waals surface area contributed by atoms with E-state index in [-0.39, 0.29) is 11.6 Å². The lowest BCUT2D eigenvalue weighted by molar-refractivity contribution is 0.102. The number of nitrogens with one attached hydrogen (secondary N) is 2. The Morgan fingerprint density at radius 1 is 1.05 bits per heavy atom. The topological polar surface area (TPSA) is 41.1 Å². The molecule has 0 bridgehead atoms. The Bertz CT molecular complexity index is 656. The minimum Gasteiger partial charge on any atom is -0.388 e. The molecule has 0 unspecified atom stereocenters. The molecule has 3 nitrogen and oxygen atoms in total. The van der Waals surface area contributed by atoms with Gasteiger partial charge in [0, 0.05) is 30.1 Å². The zero-order chi connectivity index (χ0) is 14.7. The third-order valence-corrected chi connectivity index (χ3v) is 2.94. The normalized spacial score (nSPS) is 10.2. The van der Waals surface area contributed by atoms with E-state index in [1.54, 1.807) is 25.2 Å². The molecule has 0 spiro atoms. The smallest absolute Gasteiger partial charge is 0.255 e. The van der Waals surface area contributed by atoms with E-state index < -0.39 is 11.6 Å². The van der Waals surface area contributed by atoms with Crippen molar-refractivity contribution < 1.29 is 13.6 Å². The molecule has 1 amide bonds. The fraction of sp³-hybridized carbons (Fsp3) is 0.133. The number of anilines is 2. The average Bonchev–Trinajstić information content (AvgIpc) is 2.42. The molecular weight excluding hydrogens is 262 g/mol. The lowest BCUT2D eigenvalue weighted by Gasteiger charge is -2.09. The molecule has 20 heavy (non-hydrogen) atoms. The summed E-state index contributed by atoms with van der Waals surface area (Å²) in [6.45, 7) is 1.88. The number of hydrogen-bond donors (Lipinski definition) is 2. The van der Waals surface area contributed by atoms with E-state index in [4.69, 9.17) is 0 Å². The summed E-state index contributed by atoms with van der Waals surface area (Å²) in [6.07, 6.45) is 0. The van der Waals surface area contributed by atoms with Crippen LogP contribution in [0.25, 0.3) is 0 Å². The fourth-order valence-corrected chi connectivity index (χ4v) is 1.86. The van der Waals surface area contributed by atoms with E-state index in [2.05, 4.69) is 10.6 Å². The van der Waals surface area contributed by atoms with Gasteiger partial charge in [-0.3, -0.25) is 4.79 Å². The van der Waals surface area contributed by atoms with Gasteiger partial charge in [-0.05, 0) is 42.8 Å². The van der Waals surface area contributed by atoms with Gasteiger partial charge in [-0.1, -0.05) is 0 Å². The fourth-order valence-electron chi connectivity index (χ4n) is 1.86. The lowest BCUT2D eigenvalue weighted by atomic mass is 10.1. The maximum absolute atomic E-state index is 13.1. The molecule has 104 valence electrons. The van der Waals surface area contributed by atoms with E-state index in [1.165, 1.54) is 6.07 Å². The van der Waals surface area contributed by atoms with Gasteiger partial charge < -0.3 is 10.6 Å². The zero-order valence-corrected chi connectivity index (χ0v) is 11.1. The first-order valence-corrected chi connectivity index (χ1v) is 6.06. The third kappa shape index (κ3) is 2.93. The van der Waals surface area contributed by atoms with Crippen LogP contribution in [-0.4, -0.2) is 13.0 Å². The number of rotatable bonds is 3. The number of halogens is 2. The van der Waals surface area contributed by atoms with Crippen molar-refractivity contribution in [3.8, 4) is 0 Å². The van der Waals surface area contributed by atoms with Crippen molar-refractivity contribution in [1.82, 2.24) is 0 Å². The molecule has 5 heteroatoms. The molecule has 0 atom stereocenters. The van der Waals surface area contributed by atoms with Crippen molar-refractivity contribution in [2.24, 2.45) is 0 Å². The summed E-state index contributed by atoms with van der Waals surface area (Å²) < 4.78 is 25.9. The molecule has 0 aromatic heterocycles. The molecule has 0 saturated carbocycles. The van der Waals surface area contributed by atoms with Crippen LogP contribution in [0.1, 0.15) is 15.9 Å². The number of amides is 1. The molecule has 0 radical (unpaired) electrons. The molecule has 2 aromatic carbocycles. The number of aryl methyl sites for hydroxylation is 1. The molecule has 0 fully saturated rings. The van der Waals surface area contributed by atoms with Gasteiger partial charge in [0.15, 0.2) is 11.6 Å². The molecule has 2 aromatic rings. The molecule has 0 aliphatic carbocycles. The highest BCUT2D eigenvalue weighted by Gasteiger charge is 2.09. The molecule has 0 aliphatic rings. The Kier molecular flexibility index (Phi) is 3.98. The predicted octanol–water partition coefficient (Wildman–Crippen LogP) is 3.57. The average molecular weight is 276 g/mol. The first-order valence-electron chi connectivity index (χ1n) is 6.06. The second-order valence-corrected chi connectivity index (χ2v) is 4.36. The predicted molar refractivity (Wildman–Crippen MR) is 75.0 cm³/mol. The summed E-state index contributed by atoms with van der Waals surface area (Å²) in [5, 5.41) is 5.53. The zero-order valence-electron chi connectivity index (χ0n) is 11.1. The number of benzene rings is 2. The largest absolute Gasteiger partial charge is 0.388 e. The van der Waals surface area contributed by atoms with Crippen LogP contribution in [0.15, 0.2) is 36.4 Å². The molecular formula is C15H14F2N2O. The second kappa shape index (κ2) is 5.69. The Labute approximate surface area is 115 Å². The van der Waals surface area contributed by atoms with E-state index in [9.17, 15) is 13.6 Å². The first kappa shape index (κ1) is 14.0. The van der Waals surface area contributed by atoms with Crippen LogP contribution in [0, 0.1) is 18.6 Å². The van der Waals surface area contributed by atoms with Crippen molar-refractivity contribution in [1.29, 1.82) is 0 Å². The molecule has 0 heterocycles. The number of carbonyl (C=O) groups excluding carboxylic acids is 1. The Morgan fingerprint density at radius 3 is 2.40 bits per heavy atom. The van der Waals surface area contributed by atoms with Gasteiger partial charge in [0.25, 0.3) is 5.91 Å². The lowest BCUT2D eigenvalue weighted by Crippen LogP contribution is -2.12. The van der Waals surface area contributed by atoms with Crippen molar-refractivity contribution in [3.63, 3.8) is 0 Å². The van der Waals surface area contributed by atoms with Crippen LogP contribution < -0.4 is 10.6 Å². The number of hydrogen-bond acceptors (Lipinski definition) is 2. The van der Waals surface area contributed by atoms with Gasteiger partial charge >= 0.3 is 0 Å². The standard InChI is InChI=1S/C15H14F2N2O/c1-9-7-10(3-6-14(9)18-2)15(20)19-11-4-5-12(16)13(17)8-11/h3-8,18H,1-2H3,(H,19,20).